The molecule has 0 unspecified atom stereocenters. The highest BCUT2D eigenvalue weighted by atomic mass is 32.1. The van der Waals surface area contributed by atoms with E-state index < -0.39 is 0 Å². The molecule has 4 nitrogen and oxygen atoms in total. The number of nitrogen functional groups attached to an aromatic ring is 1. The first-order valence-electron chi connectivity index (χ1n) is 6.71. The van der Waals surface area contributed by atoms with Crippen LogP contribution in [0, 0.1) is 6.92 Å². The van der Waals surface area contributed by atoms with Crippen LogP contribution in [0.3, 0.4) is 0 Å². The van der Waals surface area contributed by atoms with Crippen molar-refractivity contribution in [3.8, 4) is 10.6 Å². The van der Waals surface area contributed by atoms with Gasteiger partial charge in [0.25, 0.3) is 0 Å². The summed E-state index contributed by atoms with van der Waals surface area (Å²) in [7, 11) is 0. The number of nitrogens with zero attached hydrogens (tertiary/aromatic N) is 2. The van der Waals surface area contributed by atoms with Crippen LogP contribution in [0.2, 0.25) is 0 Å². The smallest absolute Gasteiger partial charge is 0.187 e. The molecule has 3 N–H and O–H groups in total. The quantitative estimate of drug-likeness (QED) is 0.745. The van der Waals surface area contributed by atoms with Crippen LogP contribution in [-0.4, -0.2) is 9.97 Å². The zero-order valence-corrected chi connectivity index (χ0v) is 13.5. The van der Waals surface area contributed by atoms with Crippen molar-refractivity contribution in [3.05, 3.63) is 40.9 Å². The summed E-state index contributed by atoms with van der Waals surface area (Å²) in [6, 6.07) is 8.30. The predicted octanol–water partition coefficient (Wildman–Crippen LogP) is 4.46. The van der Waals surface area contributed by atoms with Gasteiger partial charge in [0.15, 0.2) is 10.3 Å². The number of aromatic nitrogens is 2. The third kappa shape index (κ3) is 2.91. The Bertz CT molecular complexity index is 761. The van der Waals surface area contributed by atoms with Crippen molar-refractivity contribution in [1.82, 2.24) is 9.97 Å². The van der Waals surface area contributed by atoms with E-state index in [1.165, 1.54) is 16.9 Å². The number of aryl methyl sites for hydroxylation is 2. The molecule has 0 radical (unpaired) electrons. The highest BCUT2D eigenvalue weighted by molar-refractivity contribution is 7.19. The lowest BCUT2D eigenvalue weighted by atomic mass is 10.1. The molecule has 1 aromatic carbocycles. The Balaban J connectivity index is 1.87. The molecule has 0 fully saturated rings. The first-order chi connectivity index (χ1) is 10.2. The lowest BCUT2D eigenvalue weighted by molar-refractivity contribution is 1.14. The van der Waals surface area contributed by atoms with Crippen molar-refractivity contribution in [1.29, 1.82) is 0 Å². The second-order valence-electron chi connectivity index (χ2n) is 4.64. The van der Waals surface area contributed by atoms with Crippen LogP contribution in [0.4, 0.5) is 16.0 Å². The van der Waals surface area contributed by atoms with E-state index in [9.17, 15) is 0 Å². The van der Waals surface area contributed by atoms with Crippen molar-refractivity contribution in [2.75, 3.05) is 11.1 Å². The third-order valence-electron chi connectivity index (χ3n) is 3.19. The molecular weight excluding hydrogens is 300 g/mol. The van der Waals surface area contributed by atoms with Gasteiger partial charge in [-0.15, -0.1) is 11.3 Å². The lowest BCUT2D eigenvalue weighted by Crippen LogP contribution is -1.94. The number of nitrogens with one attached hydrogen (secondary N) is 1. The molecule has 0 saturated carbocycles. The standard InChI is InChI=1S/C15H16N4S2/c1-3-10-6-4-5-7-11(10)18-15-19-12(8-20-15)13-9(2)17-14(16)21-13/h4-8H,3H2,1-2H3,(H2,16,17)(H,18,19). The Morgan fingerprint density at radius 2 is 2.05 bits per heavy atom. The SMILES string of the molecule is CCc1ccccc1Nc1nc(-c2sc(N)nc2C)cs1. The van der Waals surface area contributed by atoms with Crippen LogP contribution in [0.5, 0.6) is 0 Å². The van der Waals surface area contributed by atoms with Crippen LogP contribution < -0.4 is 11.1 Å². The van der Waals surface area contributed by atoms with Crippen molar-refractivity contribution in [2.45, 2.75) is 20.3 Å². The van der Waals surface area contributed by atoms with E-state index in [4.69, 9.17) is 5.73 Å². The van der Waals surface area contributed by atoms with Crippen LogP contribution in [0.15, 0.2) is 29.6 Å². The minimum atomic E-state index is 0.585. The molecule has 0 aliphatic rings. The van der Waals surface area contributed by atoms with Crippen molar-refractivity contribution in [3.63, 3.8) is 0 Å². The minimum Gasteiger partial charge on any atom is -0.375 e. The van der Waals surface area contributed by atoms with Gasteiger partial charge >= 0.3 is 0 Å². The summed E-state index contributed by atoms with van der Waals surface area (Å²) >= 11 is 3.07. The Labute approximate surface area is 131 Å². The molecule has 0 aliphatic carbocycles. The summed E-state index contributed by atoms with van der Waals surface area (Å²) in [4.78, 5) is 9.94. The van der Waals surface area contributed by atoms with Gasteiger partial charge in [-0.2, -0.15) is 0 Å². The molecule has 2 heterocycles. The van der Waals surface area contributed by atoms with Gasteiger partial charge in [0.1, 0.15) is 0 Å². The second kappa shape index (κ2) is 5.83. The topological polar surface area (TPSA) is 63.8 Å². The van der Waals surface area contributed by atoms with Gasteiger partial charge in [-0.3, -0.25) is 0 Å². The largest absolute Gasteiger partial charge is 0.375 e. The maximum atomic E-state index is 5.75. The molecule has 0 aliphatic heterocycles. The first-order valence-corrected chi connectivity index (χ1v) is 8.40. The van der Waals surface area contributed by atoms with Crippen LogP contribution in [0.25, 0.3) is 10.6 Å². The Kier molecular flexibility index (Phi) is 3.90. The van der Waals surface area contributed by atoms with Crippen molar-refractivity contribution < 1.29 is 0 Å². The highest BCUT2D eigenvalue weighted by Crippen LogP contribution is 2.34. The number of nitrogens with two attached hydrogens (primary N) is 1. The average molecular weight is 316 g/mol. The predicted molar refractivity (Wildman–Crippen MR) is 91.5 cm³/mol. The molecule has 0 spiro atoms. The fourth-order valence-corrected chi connectivity index (χ4v) is 3.74. The third-order valence-corrected chi connectivity index (χ3v) is 4.96. The molecule has 21 heavy (non-hydrogen) atoms. The van der Waals surface area contributed by atoms with Crippen LogP contribution in [-0.2, 0) is 6.42 Å². The summed E-state index contributed by atoms with van der Waals surface area (Å²) < 4.78 is 0. The fraction of sp³-hybridized carbons (Fsp3) is 0.200. The van der Waals surface area contributed by atoms with Gasteiger partial charge in [0.05, 0.1) is 16.3 Å². The normalized spacial score (nSPS) is 10.8. The number of hydrogen-bond donors (Lipinski definition) is 2. The first kappa shape index (κ1) is 14.0. The van der Waals surface area contributed by atoms with E-state index in [1.807, 2.05) is 18.4 Å². The minimum absolute atomic E-state index is 0.585. The van der Waals surface area contributed by atoms with Gasteiger partial charge in [-0.25, -0.2) is 9.97 Å². The van der Waals surface area contributed by atoms with Crippen LogP contribution >= 0.6 is 22.7 Å². The van der Waals surface area contributed by atoms with E-state index in [1.54, 1.807) is 11.3 Å². The monoisotopic (exact) mass is 316 g/mol. The van der Waals surface area contributed by atoms with Gasteiger partial charge in [-0.1, -0.05) is 36.5 Å². The molecule has 0 amide bonds. The number of hydrogen-bond acceptors (Lipinski definition) is 6. The zero-order chi connectivity index (χ0) is 14.8. The molecule has 6 heteroatoms. The number of anilines is 3. The van der Waals surface area contributed by atoms with E-state index in [2.05, 4.69) is 40.4 Å². The van der Waals surface area contributed by atoms with Gasteiger partial charge in [0.2, 0.25) is 0 Å². The second-order valence-corrected chi connectivity index (χ2v) is 6.53. The molecular formula is C15H16N4S2. The highest BCUT2D eigenvalue weighted by Gasteiger charge is 2.12. The van der Waals surface area contributed by atoms with E-state index in [0.717, 1.165) is 33.5 Å². The number of para-hydroxylation sites is 1. The molecule has 3 aromatic rings. The summed E-state index contributed by atoms with van der Waals surface area (Å²) in [6.07, 6.45) is 0.992. The summed E-state index contributed by atoms with van der Waals surface area (Å²) in [6.45, 7) is 4.11. The van der Waals surface area contributed by atoms with Gasteiger partial charge in [-0.05, 0) is 25.0 Å². The summed E-state index contributed by atoms with van der Waals surface area (Å²) in [5.41, 5.74) is 10.0. The van der Waals surface area contributed by atoms with Crippen molar-refractivity contribution >= 4 is 38.6 Å². The molecule has 3 rings (SSSR count). The lowest BCUT2D eigenvalue weighted by Gasteiger charge is -2.07. The van der Waals surface area contributed by atoms with Gasteiger partial charge in [0, 0.05) is 11.1 Å². The maximum Gasteiger partial charge on any atom is 0.187 e. The Morgan fingerprint density at radius 1 is 1.24 bits per heavy atom. The summed E-state index contributed by atoms with van der Waals surface area (Å²) in [5.74, 6) is 0. The number of benzene rings is 1. The number of thiazole rings is 2. The average Bonchev–Trinajstić information content (AvgIpc) is 3.06. The van der Waals surface area contributed by atoms with Crippen LogP contribution in [0.1, 0.15) is 18.2 Å². The molecule has 108 valence electrons. The van der Waals surface area contributed by atoms with E-state index in [0.29, 0.717) is 5.13 Å². The van der Waals surface area contributed by atoms with Crippen molar-refractivity contribution in [2.24, 2.45) is 0 Å². The Morgan fingerprint density at radius 3 is 2.76 bits per heavy atom. The fourth-order valence-electron chi connectivity index (χ4n) is 2.16. The maximum absolute atomic E-state index is 5.75. The number of rotatable bonds is 4. The summed E-state index contributed by atoms with van der Waals surface area (Å²) in [5, 5.41) is 6.91. The molecule has 2 aromatic heterocycles. The molecule has 0 saturated heterocycles. The molecule has 0 atom stereocenters. The Hall–Kier alpha value is -1.92. The van der Waals surface area contributed by atoms with Gasteiger partial charge < -0.3 is 11.1 Å². The van der Waals surface area contributed by atoms with E-state index in [-0.39, 0.29) is 0 Å². The molecule has 0 bridgehead atoms. The zero-order valence-electron chi connectivity index (χ0n) is 11.9. The van der Waals surface area contributed by atoms with E-state index >= 15 is 0 Å².